The smallest absolute Gasteiger partial charge is 0.130 e. The molecular weight excluding hydrogens is 168 g/mol. The van der Waals surface area contributed by atoms with Gasteiger partial charge in [0.1, 0.15) is 11.5 Å². The Bertz CT molecular complexity index is 233. The fourth-order valence-corrected chi connectivity index (χ4v) is 1.90. The minimum atomic E-state index is -0.789. The van der Waals surface area contributed by atoms with Gasteiger partial charge in [0.25, 0.3) is 0 Å². The van der Waals surface area contributed by atoms with Gasteiger partial charge in [-0.05, 0) is 17.3 Å². The van der Waals surface area contributed by atoms with Crippen molar-refractivity contribution in [3.8, 4) is 0 Å². The molecule has 1 rings (SSSR count). The Labute approximate surface area is 76.3 Å². The van der Waals surface area contributed by atoms with Gasteiger partial charge in [-0.3, -0.25) is 0 Å². The Balaban J connectivity index is 2.46. The second-order valence-electron chi connectivity index (χ2n) is 2.53. The van der Waals surface area contributed by atoms with Crippen molar-refractivity contribution < 1.29 is 4.55 Å². The van der Waals surface area contributed by atoms with Crippen LogP contribution in [0.2, 0.25) is 0 Å². The second kappa shape index (κ2) is 5.01. The second-order valence-corrected chi connectivity index (χ2v) is 4.03. The Morgan fingerprint density at radius 2 is 2.00 bits per heavy atom. The summed E-state index contributed by atoms with van der Waals surface area (Å²) in [5.74, 6) is 1.21. The molecule has 1 aromatic carbocycles. The largest absolute Gasteiger partial charge is 0.616 e. The predicted molar refractivity (Wildman–Crippen MR) is 53.4 cm³/mol. The third-order valence-corrected chi connectivity index (χ3v) is 2.74. The van der Waals surface area contributed by atoms with E-state index in [0.717, 1.165) is 5.56 Å². The minimum absolute atomic E-state index is 0.578. The first-order valence-corrected chi connectivity index (χ1v) is 5.31. The Morgan fingerprint density at radius 1 is 1.33 bits per heavy atom. The lowest BCUT2D eigenvalue weighted by molar-refractivity contribution is 0.597. The van der Waals surface area contributed by atoms with Crippen LogP contribution in [0.4, 0.5) is 0 Å². The van der Waals surface area contributed by atoms with Gasteiger partial charge in [-0.2, -0.15) is 0 Å². The zero-order valence-corrected chi connectivity index (χ0v) is 7.72. The summed E-state index contributed by atoms with van der Waals surface area (Å²) >= 11 is -0.789. The Kier molecular flexibility index (Phi) is 3.91. The average molecular weight is 180 g/mol. The molecule has 0 heterocycles. The van der Waals surface area contributed by atoms with Crippen LogP contribution >= 0.6 is 0 Å². The molecule has 2 heteroatoms. The van der Waals surface area contributed by atoms with E-state index in [1.165, 1.54) is 0 Å². The number of hydrogen-bond acceptors (Lipinski definition) is 1. The molecule has 0 radical (unpaired) electrons. The summed E-state index contributed by atoms with van der Waals surface area (Å²) in [6.45, 7) is 3.55. The van der Waals surface area contributed by atoms with E-state index in [0.29, 0.717) is 11.5 Å². The summed E-state index contributed by atoms with van der Waals surface area (Å²) in [6.07, 6.45) is 1.69. The fourth-order valence-electron chi connectivity index (χ4n) is 0.950. The van der Waals surface area contributed by atoms with Gasteiger partial charge >= 0.3 is 0 Å². The molecule has 0 amide bonds. The monoisotopic (exact) mass is 180 g/mol. The minimum Gasteiger partial charge on any atom is -0.616 e. The Hall–Kier alpha value is -0.730. The van der Waals surface area contributed by atoms with Gasteiger partial charge in [0, 0.05) is 5.56 Å². The molecule has 1 nitrogen and oxygen atoms in total. The highest BCUT2D eigenvalue weighted by atomic mass is 32.2. The van der Waals surface area contributed by atoms with Crippen LogP contribution in [0, 0.1) is 0 Å². The van der Waals surface area contributed by atoms with Gasteiger partial charge in [-0.1, -0.05) is 36.9 Å². The van der Waals surface area contributed by atoms with Crippen molar-refractivity contribution in [1.82, 2.24) is 0 Å². The van der Waals surface area contributed by atoms with E-state index >= 15 is 0 Å². The van der Waals surface area contributed by atoms with Gasteiger partial charge in [0.05, 0.1) is 0 Å². The van der Waals surface area contributed by atoms with Crippen LogP contribution in [0.3, 0.4) is 0 Å². The van der Waals surface area contributed by atoms with E-state index in [1.54, 1.807) is 6.08 Å². The standard InChI is InChI=1S/C10H12OS/c1-2-8-12(11)9-10-6-4-3-5-7-10/h2-7H,1,8-9H2. The maximum absolute atomic E-state index is 11.3. The van der Waals surface area contributed by atoms with Gasteiger partial charge in [0.15, 0.2) is 0 Å². The highest BCUT2D eigenvalue weighted by Crippen LogP contribution is 2.05. The van der Waals surface area contributed by atoms with Gasteiger partial charge < -0.3 is 4.55 Å². The number of hydrogen-bond donors (Lipinski definition) is 0. The molecule has 0 spiro atoms. The lowest BCUT2D eigenvalue weighted by Gasteiger charge is -2.07. The van der Waals surface area contributed by atoms with Crippen molar-refractivity contribution in [1.29, 1.82) is 0 Å². The molecule has 12 heavy (non-hydrogen) atoms. The first-order valence-electron chi connectivity index (χ1n) is 3.82. The average Bonchev–Trinajstić information content (AvgIpc) is 2.06. The molecule has 1 aromatic rings. The molecule has 0 N–H and O–H groups in total. The molecule has 1 atom stereocenters. The molecule has 0 fully saturated rings. The zero-order chi connectivity index (χ0) is 8.81. The van der Waals surface area contributed by atoms with Crippen LogP contribution in [0.5, 0.6) is 0 Å². The van der Waals surface area contributed by atoms with E-state index in [1.807, 2.05) is 30.3 Å². The van der Waals surface area contributed by atoms with Crippen molar-refractivity contribution in [2.24, 2.45) is 0 Å². The van der Waals surface area contributed by atoms with Gasteiger partial charge in [0.2, 0.25) is 0 Å². The maximum atomic E-state index is 11.3. The molecule has 0 aliphatic carbocycles. The van der Waals surface area contributed by atoms with E-state index < -0.39 is 11.2 Å². The maximum Gasteiger partial charge on any atom is 0.130 e. The van der Waals surface area contributed by atoms with Crippen molar-refractivity contribution in [3.63, 3.8) is 0 Å². The highest BCUT2D eigenvalue weighted by Gasteiger charge is 2.03. The molecule has 0 bridgehead atoms. The van der Waals surface area contributed by atoms with Crippen molar-refractivity contribution >= 4 is 11.2 Å². The summed E-state index contributed by atoms with van der Waals surface area (Å²) in [5.41, 5.74) is 1.12. The highest BCUT2D eigenvalue weighted by molar-refractivity contribution is 7.90. The normalized spacial score (nSPS) is 12.4. The molecule has 1 unspecified atom stereocenters. The number of benzene rings is 1. The van der Waals surface area contributed by atoms with Crippen LogP contribution in [0.1, 0.15) is 5.56 Å². The van der Waals surface area contributed by atoms with Crippen LogP contribution in [-0.4, -0.2) is 10.3 Å². The molecule has 64 valence electrons. The summed E-state index contributed by atoms with van der Waals surface area (Å²) in [4.78, 5) is 0. The zero-order valence-electron chi connectivity index (χ0n) is 6.90. The van der Waals surface area contributed by atoms with Gasteiger partial charge in [-0.15, -0.1) is 0 Å². The van der Waals surface area contributed by atoms with Crippen LogP contribution < -0.4 is 0 Å². The molecule has 0 aromatic heterocycles. The summed E-state index contributed by atoms with van der Waals surface area (Å²) in [5, 5.41) is 0. The Morgan fingerprint density at radius 3 is 2.58 bits per heavy atom. The SMILES string of the molecule is C=CC[S+]([O-])Cc1ccccc1. The van der Waals surface area contributed by atoms with E-state index in [-0.39, 0.29) is 0 Å². The first-order chi connectivity index (χ1) is 5.83. The number of rotatable bonds is 4. The molecule has 0 aliphatic heterocycles. The summed E-state index contributed by atoms with van der Waals surface area (Å²) in [6, 6.07) is 9.85. The van der Waals surface area contributed by atoms with Gasteiger partial charge in [-0.25, -0.2) is 0 Å². The topological polar surface area (TPSA) is 23.1 Å². The molecule has 0 aliphatic rings. The van der Waals surface area contributed by atoms with E-state index in [4.69, 9.17) is 0 Å². The fraction of sp³-hybridized carbons (Fsp3) is 0.200. The third-order valence-electron chi connectivity index (χ3n) is 1.47. The third kappa shape index (κ3) is 3.11. The van der Waals surface area contributed by atoms with Crippen LogP contribution in [0.15, 0.2) is 43.0 Å². The molecular formula is C10H12OS. The van der Waals surface area contributed by atoms with Crippen molar-refractivity contribution in [3.05, 3.63) is 48.6 Å². The molecule has 0 saturated heterocycles. The van der Waals surface area contributed by atoms with E-state index in [2.05, 4.69) is 6.58 Å². The van der Waals surface area contributed by atoms with Crippen LogP contribution in [0.25, 0.3) is 0 Å². The lowest BCUT2D eigenvalue weighted by Crippen LogP contribution is -2.06. The first kappa shape index (κ1) is 9.36. The quantitative estimate of drug-likeness (QED) is 0.514. The van der Waals surface area contributed by atoms with Crippen molar-refractivity contribution in [2.45, 2.75) is 5.75 Å². The van der Waals surface area contributed by atoms with E-state index in [9.17, 15) is 4.55 Å². The van der Waals surface area contributed by atoms with Crippen LogP contribution in [-0.2, 0) is 16.9 Å². The summed E-state index contributed by atoms with van der Waals surface area (Å²) in [7, 11) is 0. The summed E-state index contributed by atoms with van der Waals surface area (Å²) < 4.78 is 11.3. The van der Waals surface area contributed by atoms with Crippen molar-refractivity contribution in [2.75, 3.05) is 5.75 Å². The molecule has 0 saturated carbocycles. The predicted octanol–water partition coefficient (Wildman–Crippen LogP) is 2.12. The lowest BCUT2D eigenvalue weighted by atomic mass is 10.2.